The lowest BCUT2D eigenvalue weighted by molar-refractivity contribution is -0.422. The number of piperidine rings is 1. The van der Waals surface area contributed by atoms with E-state index in [-0.39, 0.29) is 21.8 Å². The van der Waals surface area contributed by atoms with E-state index in [2.05, 4.69) is 5.32 Å². The van der Waals surface area contributed by atoms with Gasteiger partial charge in [0.25, 0.3) is 5.88 Å². The van der Waals surface area contributed by atoms with Crippen molar-refractivity contribution in [3.05, 3.63) is 56.1 Å². The lowest BCUT2D eigenvalue weighted by Crippen LogP contribution is -2.28. The Balaban J connectivity index is 1.96. The van der Waals surface area contributed by atoms with Gasteiger partial charge in [0.1, 0.15) is 5.16 Å². The Kier molecular flexibility index (Phi) is 4.63. The molecule has 0 spiro atoms. The van der Waals surface area contributed by atoms with Crippen LogP contribution in [0.5, 0.6) is 5.75 Å². The molecule has 3 rings (SSSR count). The maximum absolute atomic E-state index is 11.5. The minimum Gasteiger partial charge on any atom is -0.433 e. The first kappa shape index (κ1) is 16.0. The predicted molar refractivity (Wildman–Crippen MR) is 88.9 cm³/mol. The van der Waals surface area contributed by atoms with E-state index >= 15 is 0 Å². The van der Waals surface area contributed by atoms with E-state index in [1.807, 2.05) is 11.0 Å². The Morgan fingerprint density at radius 1 is 1.22 bits per heavy atom. The number of nitrogens with one attached hydrogen (secondary N) is 1. The number of hydrogen-bond acceptors (Lipinski definition) is 5. The Hall–Kier alpha value is -1.92. The number of rotatable bonds is 3. The number of likely N-dealkylation sites (tertiary alicyclic amines) is 1. The van der Waals surface area contributed by atoms with Gasteiger partial charge < -0.3 is 15.0 Å². The van der Waals surface area contributed by atoms with Gasteiger partial charge in [-0.2, -0.15) is 0 Å². The zero-order chi connectivity index (χ0) is 16.4. The molecule has 122 valence electrons. The maximum Gasteiger partial charge on any atom is 0.350 e. The molecule has 23 heavy (non-hydrogen) atoms. The maximum atomic E-state index is 11.5. The van der Waals surface area contributed by atoms with E-state index in [1.165, 1.54) is 0 Å². The quantitative estimate of drug-likeness (QED) is 0.502. The van der Waals surface area contributed by atoms with Gasteiger partial charge in [-0.25, -0.2) is 0 Å². The van der Waals surface area contributed by atoms with Crippen molar-refractivity contribution in [3.63, 3.8) is 0 Å². The molecule has 6 nitrogen and oxygen atoms in total. The summed E-state index contributed by atoms with van der Waals surface area (Å²) in [4.78, 5) is 12.8. The summed E-state index contributed by atoms with van der Waals surface area (Å²) < 4.78 is 5.52. The van der Waals surface area contributed by atoms with Crippen LogP contribution >= 0.6 is 23.2 Å². The fourth-order valence-electron chi connectivity index (χ4n) is 2.61. The Bertz CT molecular complexity index is 670. The lowest BCUT2D eigenvalue weighted by atomic mass is 10.1. The second kappa shape index (κ2) is 6.68. The summed E-state index contributed by atoms with van der Waals surface area (Å²) in [7, 11) is 0. The fraction of sp³-hybridized carbons (Fsp3) is 0.333. The van der Waals surface area contributed by atoms with Crippen molar-refractivity contribution in [3.8, 4) is 5.75 Å². The van der Waals surface area contributed by atoms with Crippen molar-refractivity contribution in [2.45, 2.75) is 19.3 Å². The SMILES string of the molecule is O=[N+]([O-])C(=C1/Nc2ccccc2O1)/C(Cl)=C(/Cl)N1CCCCC1. The molecule has 1 saturated heterocycles. The summed E-state index contributed by atoms with van der Waals surface area (Å²) in [6.07, 6.45) is 3.11. The molecule has 2 aliphatic heterocycles. The third kappa shape index (κ3) is 3.23. The second-order valence-electron chi connectivity index (χ2n) is 5.31. The van der Waals surface area contributed by atoms with Crippen molar-refractivity contribution in [1.82, 2.24) is 4.90 Å². The van der Waals surface area contributed by atoms with Crippen LogP contribution in [0.2, 0.25) is 0 Å². The number of allylic oxidation sites excluding steroid dienone is 1. The number of hydrogen-bond donors (Lipinski definition) is 1. The van der Waals surface area contributed by atoms with Crippen LogP contribution in [0.25, 0.3) is 0 Å². The van der Waals surface area contributed by atoms with Gasteiger partial charge in [-0.05, 0) is 31.4 Å². The molecule has 0 aliphatic carbocycles. The average molecular weight is 356 g/mol. The molecule has 2 aliphatic rings. The van der Waals surface area contributed by atoms with Crippen LogP contribution in [-0.2, 0) is 0 Å². The lowest BCUT2D eigenvalue weighted by Gasteiger charge is -2.28. The largest absolute Gasteiger partial charge is 0.433 e. The Labute approximate surface area is 143 Å². The highest BCUT2D eigenvalue weighted by atomic mass is 35.5. The first-order valence-corrected chi connectivity index (χ1v) is 8.06. The van der Waals surface area contributed by atoms with Gasteiger partial charge in [0, 0.05) is 13.1 Å². The summed E-state index contributed by atoms with van der Waals surface area (Å²) in [5.41, 5.74) is 0.291. The van der Waals surface area contributed by atoms with Crippen molar-refractivity contribution in [2.75, 3.05) is 18.4 Å². The topological polar surface area (TPSA) is 67.6 Å². The minimum atomic E-state index is -0.580. The van der Waals surface area contributed by atoms with Crippen LogP contribution in [0.15, 0.2) is 46.0 Å². The normalized spacial score (nSPS) is 20.2. The van der Waals surface area contributed by atoms with Crippen LogP contribution in [0.1, 0.15) is 19.3 Å². The Morgan fingerprint density at radius 3 is 2.57 bits per heavy atom. The molecule has 1 fully saturated rings. The second-order valence-corrected chi connectivity index (χ2v) is 6.05. The van der Waals surface area contributed by atoms with Crippen molar-refractivity contribution in [1.29, 1.82) is 0 Å². The van der Waals surface area contributed by atoms with Gasteiger partial charge in [-0.1, -0.05) is 35.3 Å². The van der Waals surface area contributed by atoms with E-state index < -0.39 is 4.92 Å². The number of nitro groups is 1. The number of ether oxygens (including phenoxy) is 1. The molecule has 0 amide bonds. The first-order valence-electron chi connectivity index (χ1n) is 7.31. The predicted octanol–water partition coefficient (Wildman–Crippen LogP) is 4.07. The van der Waals surface area contributed by atoms with Crippen molar-refractivity contribution >= 4 is 28.9 Å². The average Bonchev–Trinajstić information content (AvgIpc) is 2.98. The number of anilines is 1. The molecule has 2 heterocycles. The summed E-state index contributed by atoms with van der Waals surface area (Å²) in [5, 5.41) is 14.4. The fourth-order valence-corrected chi connectivity index (χ4v) is 3.15. The smallest absolute Gasteiger partial charge is 0.350 e. The molecule has 1 aromatic rings. The molecule has 0 radical (unpaired) electrons. The standard InChI is InChI=1S/C15H15Cl2N3O3/c16-12(14(17)19-8-4-1-5-9-19)13(20(21)22)15-18-10-6-2-3-7-11(10)23-15/h2-3,6-7,18H,1,4-5,8-9H2/b14-12+,15-13-. The number of benzene rings is 1. The highest BCUT2D eigenvalue weighted by molar-refractivity contribution is 6.40. The van der Waals surface area contributed by atoms with Gasteiger partial charge in [0.15, 0.2) is 10.8 Å². The molecule has 8 heteroatoms. The van der Waals surface area contributed by atoms with E-state index in [0.717, 1.165) is 32.4 Å². The van der Waals surface area contributed by atoms with Crippen LogP contribution in [-0.4, -0.2) is 22.9 Å². The summed E-state index contributed by atoms with van der Waals surface area (Å²) in [6, 6.07) is 7.08. The molecule has 0 saturated carbocycles. The zero-order valence-corrected chi connectivity index (χ0v) is 13.7. The van der Waals surface area contributed by atoms with Gasteiger partial charge in [0.2, 0.25) is 0 Å². The van der Waals surface area contributed by atoms with Gasteiger partial charge in [-0.15, -0.1) is 0 Å². The first-order chi connectivity index (χ1) is 11.1. The number of fused-ring (bicyclic) bond motifs is 1. The number of nitrogens with zero attached hydrogens (tertiary/aromatic N) is 2. The number of para-hydroxylation sites is 2. The van der Waals surface area contributed by atoms with Crippen molar-refractivity contribution < 1.29 is 9.66 Å². The molecular formula is C15H15Cl2N3O3. The molecule has 0 unspecified atom stereocenters. The molecule has 1 N–H and O–H groups in total. The minimum absolute atomic E-state index is 0.0173. The molecule has 1 aromatic carbocycles. The van der Waals surface area contributed by atoms with Gasteiger partial charge in [0.05, 0.1) is 10.6 Å². The van der Waals surface area contributed by atoms with E-state index in [0.29, 0.717) is 11.4 Å². The molecule has 0 bridgehead atoms. The highest BCUT2D eigenvalue weighted by Crippen LogP contribution is 2.37. The third-order valence-electron chi connectivity index (χ3n) is 3.77. The zero-order valence-electron chi connectivity index (χ0n) is 12.2. The monoisotopic (exact) mass is 355 g/mol. The summed E-state index contributed by atoms with van der Waals surface area (Å²) in [6.45, 7) is 1.48. The molecular weight excluding hydrogens is 341 g/mol. The summed E-state index contributed by atoms with van der Waals surface area (Å²) >= 11 is 12.5. The van der Waals surface area contributed by atoms with E-state index in [1.54, 1.807) is 18.2 Å². The highest BCUT2D eigenvalue weighted by Gasteiger charge is 2.33. The van der Waals surface area contributed by atoms with Crippen LogP contribution in [0.3, 0.4) is 0 Å². The Morgan fingerprint density at radius 2 is 1.91 bits per heavy atom. The van der Waals surface area contributed by atoms with Crippen LogP contribution < -0.4 is 10.1 Å². The van der Waals surface area contributed by atoms with E-state index in [9.17, 15) is 10.1 Å². The third-order valence-corrected chi connectivity index (χ3v) is 4.65. The van der Waals surface area contributed by atoms with Gasteiger partial charge >= 0.3 is 5.70 Å². The van der Waals surface area contributed by atoms with Crippen molar-refractivity contribution in [2.24, 2.45) is 0 Å². The van der Waals surface area contributed by atoms with Gasteiger partial charge in [-0.3, -0.25) is 10.1 Å². The van der Waals surface area contributed by atoms with Crippen LogP contribution in [0, 0.1) is 10.1 Å². The van der Waals surface area contributed by atoms with Crippen LogP contribution in [0.4, 0.5) is 5.69 Å². The summed E-state index contributed by atoms with van der Waals surface area (Å²) in [5.74, 6) is 0.497. The molecule has 0 aromatic heterocycles. The number of halogens is 2. The van der Waals surface area contributed by atoms with E-state index in [4.69, 9.17) is 27.9 Å². The molecule has 0 atom stereocenters.